The van der Waals surface area contributed by atoms with Crippen molar-refractivity contribution < 1.29 is 9.53 Å². The molecule has 0 aliphatic heterocycles. The summed E-state index contributed by atoms with van der Waals surface area (Å²) < 4.78 is 5.65. The van der Waals surface area contributed by atoms with Gasteiger partial charge in [0.2, 0.25) is 0 Å². The monoisotopic (exact) mass is 288 g/mol. The number of anilines is 1. The number of rotatable bonds is 5. The third-order valence-corrected chi connectivity index (χ3v) is 2.76. The molecule has 1 N–H and O–H groups in total. The van der Waals surface area contributed by atoms with Gasteiger partial charge >= 0.3 is 0 Å². The SMILES string of the molecule is CC(=O)/C(Cl)=N\Nc1ccc(Oc2ccccc2)cc1. The van der Waals surface area contributed by atoms with Crippen LogP contribution in [-0.2, 0) is 4.79 Å². The minimum atomic E-state index is -0.289. The topological polar surface area (TPSA) is 50.7 Å². The number of ketones is 1. The van der Waals surface area contributed by atoms with E-state index in [1.165, 1.54) is 6.92 Å². The predicted octanol–water partition coefficient (Wildman–Crippen LogP) is 4.03. The van der Waals surface area contributed by atoms with E-state index in [1.807, 2.05) is 30.3 Å². The molecule has 0 spiro atoms. The van der Waals surface area contributed by atoms with Crippen LogP contribution in [0.4, 0.5) is 5.69 Å². The zero-order chi connectivity index (χ0) is 14.4. The van der Waals surface area contributed by atoms with E-state index in [0.717, 1.165) is 5.75 Å². The number of hydrogen-bond acceptors (Lipinski definition) is 4. The van der Waals surface area contributed by atoms with E-state index in [4.69, 9.17) is 16.3 Å². The summed E-state index contributed by atoms with van der Waals surface area (Å²) >= 11 is 5.62. The summed E-state index contributed by atoms with van der Waals surface area (Å²) in [6.07, 6.45) is 0. The highest BCUT2D eigenvalue weighted by molar-refractivity contribution is 6.82. The van der Waals surface area contributed by atoms with Crippen LogP contribution >= 0.6 is 11.6 Å². The third-order valence-electron chi connectivity index (χ3n) is 2.41. The van der Waals surface area contributed by atoms with Crippen LogP contribution < -0.4 is 10.2 Å². The number of carbonyl (C=O) groups excluding carboxylic acids is 1. The maximum atomic E-state index is 10.9. The summed E-state index contributed by atoms with van der Waals surface area (Å²) in [6.45, 7) is 1.35. The molecule has 0 aliphatic carbocycles. The molecule has 2 aromatic carbocycles. The molecule has 0 aliphatic rings. The Morgan fingerprint density at radius 2 is 1.65 bits per heavy atom. The first-order valence-corrected chi connectivity index (χ1v) is 6.36. The van der Waals surface area contributed by atoms with Gasteiger partial charge in [-0.1, -0.05) is 29.8 Å². The van der Waals surface area contributed by atoms with Crippen LogP contribution in [0.5, 0.6) is 11.5 Å². The molecule has 0 unspecified atom stereocenters. The van der Waals surface area contributed by atoms with Gasteiger partial charge in [0.05, 0.1) is 5.69 Å². The molecule has 0 atom stereocenters. The predicted molar refractivity (Wildman–Crippen MR) is 80.5 cm³/mol. The lowest BCUT2D eigenvalue weighted by molar-refractivity contribution is -0.110. The van der Waals surface area contributed by atoms with E-state index in [9.17, 15) is 4.79 Å². The molecule has 0 saturated carbocycles. The van der Waals surface area contributed by atoms with E-state index in [1.54, 1.807) is 24.3 Å². The highest BCUT2D eigenvalue weighted by Gasteiger charge is 2.01. The molecular weight excluding hydrogens is 276 g/mol. The fourth-order valence-electron chi connectivity index (χ4n) is 1.41. The summed E-state index contributed by atoms with van der Waals surface area (Å²) in [5.41, 5.74) is 3.41. The molecule has 0 fully saturated rings. The summed E-state index contributed by atoms with van der Waals surface area (Å²) in [4.78, 5) is 10.9. The molecule has 20 heavy (non-hydrogen) atoms. The van der Waals surface area contributed by atoms with Crippen LogP contribution in [0.3, 0.4) is 0 Å². The van der Waals surface area contributed by atoms with E-state index in [2.05, 4.69) is 10.5 Å². The minimum absolute atomic E-state index is 0.0883. The van der Waals surface area contributed by atoms with E-state index in [-0.39, 0.29) is 11.0 Å². The number of halogens is 1. The Bertz CT molecular complexity index is 610. The van der Waals surface area contributed by atoms with Crippen molar-refractivity contribution in [3.8, 4) is 11.5 Å². The maximum absolute atomic E-state index is 10.9. The fourth-order valence-corrected chi connectivity index (χ4v) is 1.46. The van der Waals surface area contributed by atoms with Crippen molar-refractivity contribution in [2.75, 3.05) is 5.43 Å². The number of nitrogens with one attached hydrogen (secondary N) is 1. The van der Waals surface area contributed by atoms with Crippen LogP contribution in [0.1, 0.15) is 6.92 Å². The Labute approximate surface area is 122 Å². The van der Waals surface area contributed by atoms with Crippen LogP contribution in [0.2, 0.25) is 0 Å². The molecule has 5 heteroatoms. The summed E-state index contributed by atoms with van der Waals surface area (Å²) in [7, 11) is 0. The summed E-state index contributed by atoms with van der Waals surface area (Å²) in [6, 6.07) is 16.7. The van der Waals surface area contributed by atoms with Gasteiger partial charge in [-0.2, -0.15) is 5.10 Å². The van der Waals surface area contributed by atoms with Gasteiger partial charge in [-0.05, 0) is 36.4 Å². The number of carbonyl (C=O) groups is 1. The highest BCUT2D eigenvalue weighted by Crippen LogP contribution is 2.22. The average molecular weight is 289 g/mol. The Kier molecular flexibility index (Phi) is 4.74. The van der Waals surface area contributed by atoms with Gasteiger partial charge in [0, 0.05) is 6.92 Å². The van der Waals surface area contributed by atoms with Crippen molar-refractivity contribution in [3.05, 3.63) is 54.6 Å². The Balaban J connectivity index is 2.00. The van der Waals surface area contributed by atoms with Crippen LogP contribution in [-0.4, -0.2) is 11.0 Å². The van der Waals surface area contributed by atoms with Gasteiger partial charge < -0.3 is 4.74 Å². The first-order chi connectivity index (χ1) is 9.65. The van der Waals surface area contributed by atoms with Gasteiger partial charge in [-0.3, -0.25) is 10.2 Å². The van der Waals surface area contributed by atoms with Gasteiger partial charge in [0.25, 0.3) is 0 Å². The van der Waals surface area contributed by atoms with E-state index in [0.29, 0.717) is 11.4 Å². The second-order valence-corrected chi connectivity index (χ2v) is 4.37. The van der Waals surface area contributed by atoms with Crippen molar-refractivity contribution >= 4 is 28.2 Å². The van der Waals surface area contributed by atoms with Crippen molar-refractivity contribution in [3.63, 3.8) is 0 Å². The molecule has 4 nitrogen and oxygen atoms in total. The fraction of sp³-hybridized carbons (Fsp3) is 0.0667. The van der Waals surface area contributed by atoms with E-state index < -0.39 is 0 Å². The summed E-state index contributed by atoms with van der Waals surface area (Å²) in [5, 5.41) is 3.66. The Morgan fingerprint density at radius 3 is 2.25 bits per heavy atom. The number of para-hydroxylation sites is 1. The van der Waals surface area contributed by atoms with Gasteiger partial charge in [-0.25, -0.2) is 0 Å². The molecular formula is C15H13ClN2O2. The first kappa shape index (κ1) is 14.1. The van der Waals surface area contributed by atoms with Crippen LogP contribution in [0.25, 0.3) is 0 Å². The number of hydrazone groups is 1. The van der Waals surface area contributed by atoms with Gasteiger partial charge in [0.1, 0.15) is 11.5 Å². The van der Waals surface area contributed by atoms with Crippen molar-refractivity contribution in [2.45, 2.75) is 6.92 Å². The van der Waals surface area contributed by atoms with Crippen molar-refractivity contribution in [1.29, 1.82) is 0 Å². The van der Waals surface area contributed by atoms with E-state index >= 15 is 0 Å². The highest BCUT2D eigenvalue weighted by atomic mass is 35.5. The largest absolute Gasteiger partial charge is 0.457 e. The maximum Gasteiger partial charge on any atom is 0.191 e. The average Bonchev–Trinajstić information content (AvgIpc) is 2.47. The molecule has 0 radical (unpaired) electrons. The van der Waals surface area contributed by atoms with Crippen molar-refractivity contribution in [1.82, 2.24) is 0 Å². The van der Waals surface area contributed by atoms with Crippen LogP contribution in [0, 0.1) is 0 Å². The Morgan fingerprint density at radius 1 is 1.05 bits per heavy atom. The molecule has 0 bridgehead atoms. The Hall–Kier alpha value is -2.33. The second-order valence-electron chi connectivity index (χ2n) is 4.01. The molecule has 0 saturated heterocycles. The van der Waals surface area contributed by atoms with Gasteiger partial charge in [0.15, 0.2) is 11.0 Å². The smallest absolute Gasteiger partial charge is 0.191 e. The van der Waals surface area contributed by atoms with Gasteiger partial charge in [-0.15, -0.1) is 0 Å². The zero-order valence-electron chi connectivity index (χ0n) is 10.8. The minimum Gasteiger partial charge on any atom is -0.457 e. The molecule has 0 amide bonds. The second kappa shape index (κ2) is 6.73. The normalized spacial score (nSPS) is 11.0. The quantitative estimate of drug-likeness (QED) is 0.667. The summed E-state index contributed by atoms with van der Waals surface area (Å²) in [5.74, 6) is 1.19. The molecule has 102 valence electrons. The molecule has 2 rings (SSSR count). The zero-order valence-corrected chi connectivity index (χ0v) is 11.6. The number of ether oxygens (including phenoxy) is 1. The number of Topliss-reactive ketones (excluding diaryl/α,β-unsaturated/α-hetero) is 1. The lowest BCUT2D eigenvalue weighted by Crippen LogP contribution is -2.04. The lowest BCUT2D eigenvalue weighted by atomic mass is 10.3. The first-order valence-electron chi connectivity index (χ1n) is 5.98. The lowest BCUT2D eigenvalue weighted by Gasteiger charge is -2.06. The number of benzene rings is 2. The van der Waals surface area contributed by atoms with Crippen molar-refractivity contribution in [2.24, 2.45) is 5.10 Å². The standard InChI is InChI=1S/C15H13ClN2O2/c1-11(19)15(16)18-17-12-7-9-14(10-8-12)20-13-5-3-2-4-6-13/h2-10,17H,1H3/b18-15+. The number of hydrogen-bond donors (Lipinski definition) is 1. The van der Waals surface area contributed by atoms with Crippen LogP contribution in [0.15, 0.2) is 59.7 Å². The number of nitrogens with zero attached hydrogens (tertiary/aromatic N) is 1. The molecule has 0 aromatic heterocycles. The third kappa shape index (κ3) is 4.10. The molecule has 2 aromatic rings. The molecule has 0 heterocycles.